The minimum Gasteiger partial charge on any atom is -0.493 e. The van der Waals surface area contributed by atoms with Crippen LogP contribution in [0.4, 0.5) is 5.69 Å². The third kappa shape index (κ3) is 4.47. The lowest BCUT2D eigenvalue weighted by Gasteiger charge is -2.23. The molecule has 0 radical (unpaired) electrons. The number of carbonyl (C=O) groups excluding carboxylic acids is 1. The summed E-state index contributed by atoms with van der Waals surface area (Å²) in [6.07, 6.45) is 0.941. The first-order valence-corrected chi connectivity index (χ1v) is 11.6. The number of ether oxygens (including phenoxy) is 2. The molecular weight excluding hydrogens is 416 g/mol. The molecule has 5 nitrogen and oxygen atoms in total. The van der Waals surface area contributed by atoms with E-state index in [1.54, 1.807) is 36.6 Å². The number of anilines is 1. The number of benzene rings is 2. The van der Waals surface area contributed by atoms with E-state index in [9.17, 15) is 4.79 Å². The van der Waals surface area contributed by atoms with E-state index in [0.29, 0.717) is 35.5 Å². The van der Waals surface area contributed by atoms with E-state index in [-0.39, 0.29) is 5.91 Å². The molecule has 2 heterocycles. The number of thioether (sulfide) groups is 1. The van der Waals surface area contributed by atoms with Gasteiger partial charge in [0.1, 0.15) is 6.61 Å². The molecule has 1 amide bonds. The van der Waals surface area contributed by atoms with Gasteiger partial charge < -0.3 is 14.4 Å². The van der Waals surface area contributed by atoms with Crippen molar-refractivity contribution >= 4 is 34.7 Å². The standard InChI is InChI=1S/C23H24N2O3S2/c1-15-10-11-25(19-6-4-5-7-22(19)30-15)23(26)17-8-9-20(21(12-17)27-3)28-13-18-14-29-16(2)24-18/h4-9,12,14-15H,10-11,13H2,1-3H3. The van der Waals surface area contributed by atoms with E-state index in [0.717, 1.165) is 27.7 Å². The van der Waals surface area contributed by atoms with Crippen LogP contribution < -0.4 is 14.4 Å². The zero-order valence-electron chi connectivity index (χ0n) is 17.3. The summed E-state index contributed by atoms with van der Waals surface area (Å²) < 4.78 is 11.4. The number of aryl methyl sites for hydroxylation is 1. The van der Waals surface area contributed by atoms with Crippen LogP contribution in [-0.2, 0) is 6.61 Å². The van der Waals surface area contributed by atoms with Crippen LogP contribution in [-0.4, -0.2) is 29.8 Å². The molecule has 1 unspecified atom stereocenters. The number of para-hydroxylation sites is 1. The van der Waals surface area contributed by atoms with E-state index < -0.39 is 0 Å². The Kier molecular flexibility index (Phi) is 6.29. The van der Waals surface area contributed by atoms with Crippen molar-refractivity contribution in [1.29, 1.82) is 0 Å². The van der Waals surface area contributed by atoms with E-state index in [4.69, 9.17) is 9.47 Å². The van der Waals surface area contributed by atoms with Gasteiger partial charge in [-0.3, -0.25) is 4.79 Å². The van der Waals surface area contributed by atoms with Crippen LogP contribution in [0.2, 0.25) is 0 Å². The van der Waals surface area contributed by atoms with E-state index in [2.05, 4.69) is 18.0 Å². The zero-order valence-corrected chi connectivity index (χ0v) is 18.9. The van der Waals surface area contributed by atoms with Gasteiger partial charge in [-0.15, -0.1) is 23.1 Å². The summed E-state index contributed by atoms with van der Waals surface area (Å²) in [5.74, 6) is 1.11. The molecule has 4 rings (SSSR count). The summed E-state index contributed by atoms with van der Waals surface area (Å²) in [6, 6.07) is 13.5. The highest BCUT2D eigenvalue weighted by atomic mass is 32.2. The number of fused-ring (bicyclic) bond motifs is 1. The monoisotopic (exact) mass is 440 g/mol. The van der Waals surface area contributed by atoms with Gasteiger partial charge in [0.25, 0.3) is 5.91 Å². The van der Waals surface area contributed by atoms with Crippen LogP contribution in [0.1, 0.15) is 34.4 Å². The number of methoxy groups -OCH3 is 1. The Morgan fingerprint density at radius 3 is 2.83 bits per heavy atom. The van der Waals surface area contributed by atoms with E-state index >= 15 is 0 Å². The van der Waals surface area contributed by atoms with Gasteiger partial charge in [-0.1, -0.05) is 19.1 Å². The number of carbonyl (C=O) groups is 1. The molecule has 1 atom stereocenters. The van der Waals surface area contributed by atoms with Crippen LogP contribution in [0.5, 0.6) is 11.5 Å². The molecule has 1 aliphatic heterocycles. The van der Waals surface area contributed by atoms with Crippen LogP contribution in [0.15, 0.2) is 52.7 Å². The molecule has 1 aliphatic rings. The van der Waals surface area contributed by atoms with Gasteiger partial charge >= 0.3 is 0 Å². The molecule has 0 saturated carbocycles. The summed E-state index contributed by atoms with van der Waals surface area (Å²) >= 11 is 3.42. The molecule has 0 N–H and O–H groups in total. The number of nitrogens with zero attached hydrogens (tertiary/aromatic N) is 2. The number of thiazole rings is 1. The lowest BCUT2D eigenvalue weighted by atomic mass is 10.1. The minimum atomic E-state index is -0.0304. The summed E-state index contributed by atoms with van der Waals surface area (Å²) in [5, 5.41) is 3.45. The van der Waals surface area contributed by atoms with Crippen molar-refractivity contribution in [2.75, 3.05) is 18.6 Å². The Morgan fingerprint density at radius 2 is 2.07 bits per heavy atom. The van der Waals surface area contributed by atoms with Crippen molar-refractivity contribution in [1.82, 2.24) is 4.98 Å². The number of hydrogen-bond acceptors (Lipinski definition) is 6. The molecule has 1 aromatic heterocycles. The lowest BCUT2D eigenvalue weighted by Crippen LogP contribution is -2.32. The fraction of sp³-hybridized carbons (Fsp3) is 0.304. The predicted molar refractivity (Wildman–Crippen MR) is 122 cm³/mol. The lowest BCUT2D eigenvalue weighted by molar-refractivity contribution is 0.0986. The molecule has 156 valence electrons. The molecule has 30 heavy (non-hydrogen) atoms. The van der Waals surface area contributed by atoms with Crippen molar-refractivity contribution in [3.8, 4) is 11.5 Å². The fourth-order valence-electron chi connectivity index (χ4n) is 3.40. The summed E-state index contributed by atoms with van der Waals surface area (Å²) in [7, 11) is 1.59. The fourth-order valence-corrected chi connectivity index (χ4v) is 5.11. The predicted octanol–water partition coefficient (Wildman–Crippen LogP) is 5.57. The molecule has 0 aliphatic carbocycles. The van der Waals surface area contributed by atoms with Crippen molar-refractivity contribution in [3.05, 3.63) is 64.1 Å². The molecule has 0 saturated heterocycles. The van der Waals surface area contributed by atoms with Gasteiger partial charge in [-0.2, -0.15) is 0 Å². The summed E-state index contributed by atoms with van der Waals surface area (Å²) in [4.78, 5) is 20.8. The maximum Gasteiger partial charge on any atom is 0.258 e. The maximum atomic E-state index is 13.4. The minimum absolute atomic E-state index is 0.0304. The van der Waals surface area contributed by atoms with Crippen LogP contribution in [0.3, 0.4) is 0 Å². The second-order valence-electron chi connectivity index (χ2n) is 7.15. The SMILES string of the molecule is COc1cc(C(=O)N2CCC(C)Sc3ccccc32)ccc1OCc1csc(C)n1. The normalized spacial score (nSPS) is 16.0. The topological polar surface area (TPSA) is 51.7 Å². The maximum absolute atomic E-state index is 13.4. The number of hydrogen-bond donors (Lipinski definition) is 0. The first kappa shape index (κ1) is 20.8. The zero-order chi connectivity index (χ0) is 21.1. The highest BCUT2D eigenvalue weighted by molar-refractivity contribution is 8.00. The molecule has 0 bridgehead atoms. The Balaban J connectivity index is 1.57. The first-order chi connectivity index (χ1) is 14.5. The molecule has 3 aromatic rings. The summed E-state index contributed by atoms with van der Waals surface area (Å²) in [6.45, 7) is 5.22. The second kappa shape index (κ2) is 9.10. The highest BCUT2D eigenvalue weighted by Crippen LogP contribution is 2.38. The highest BCUT2D eigenvalue weighted by Gasteiger charge is 2.25. The molecular formula is C23H24N2O3S2. The molecule has 0 spiro atoms. The average molecular weight is 441 g/mol. The van der Waals surface area contributed by atoms with Crippen molar-refractivity contribution in [2.45, 2.75) is 37.0 Å². The average Bonchev–Trinajstić information content (AvgIpc) is 3.09. The van der Waals surface area contributed by atoms with Crippen molar-refractivity contribution in [2.24, 2.45) is 0 Å². The Hall–Kier alpha value is -2.51. The molecule has 2 aromatic carbocycles. The van der Waals surface area contributed by atoms with Crippen molar-refractivity contribution in [3.63, 3.8) is 0 Å². The van der Waals surface area contributed by atoms with E-state index in [1.807, 2.05) is 47.2 Å². The second-order valence-corrected chi connectivity index (χ2v) is 9.70. The summed E-state index contributed by atoms with van der Waals surface area (Å²) in [5.41, 5.74) is 2.43. The molecule has 7 heteroatoms. The number of rotatable bonds is 5. The van der Waals surface area contributed by atoms with E-state index in [1.165, 1.54) is 0 Å². The van der Waals surface area contributed by atoms with Gasteiger partial charge in [0.2, 0.25) is 0 Å². The number of aromatic nitrogens is 1. The largest absolute Gasteiger partial charge is 0.493 e. The number of amides is 1. The van der Waals surface area contributed by atoms with Crippen LogP contribution >= 0.6 is 23.1 Å². The quantitative estimate of drug-likeness (QED) is 0.519. The Labute approximate surface area is 185 Å². The smallest absolute Gasteiger partial charge is 0.258 e. The third-order valence-electron chi connectivity index (χ3n) is 4.94. The Morgan fingerprint density at radius 1 is 1.23 bits per heavy atom. The van der Waals surface area contributed by atoms with Gasteiger partial charge in [0.15, 0.2) is 11.5 Å². The first-order valence-electron chi connectivity index (χ1n) is 9.84. The van der Waals surface area contributed by atoms with Gasteiger partial charge in [0, 0.05) is 27.6 Å². The van der Waals surface area contributed by atoms with Crippen LogP contribution in [0, 0.1) is 6.92 Å². The van der Waals surface area contributed by atoms with Gasteiger partial charge in [0.05, 0.1) is 23.5 Å². The van der Waals surface area contributed by atoms with Crippen LogP contribution in [0.25, 0.3) is 0 Å². The third-order valence-corrected chi connectivity index (χ3v) is 7.00. The molecule has 0 fully saturated rings. The van der Waals surface area contributed by atoms with Crippen molar-refractivity contribution < 1.29 is 14.3 Å². The van der Waals surface area contributed by atoms with Gasteiger partial charge in [-0.25, -0.2) is 4.98 Å². The van der Waals surface area contributed by atoms with Gasteiger partial charge in [-0.05, 0) is 43.7 Å². The Bertz CT molecular complexity index is 1050.